The largest absolute Gasteiger partial charge is 0.490 e. The monoisotopic (exact) mass is 537 g/mol. The van der Waals surface area contributed by atoms with E-state index in [1.54, 1.807) is 6.20 Å². The van der Waals surface area contributed by atoms with Crippen LogP contribution in [-0.2, 0) is 17.6 Å². The second-order valence-corrected chi connectivity index (χ2v) is 9.62. The first-order chi connectivity index (χ1) is 19.0. The van der Waals surface area contributed by atoms with Crippen LogP contribution in [0, 0.1) is 12.7 Å². The third-order valence-corrected chi connectivity index (χ3v) is 6.69. The van der Waals surface area contributed by atoms with Crippen molar-refractivity contribution in [3.63, 3.8) is 0 Å². The molecule has 11 heteroatoms. The molecule has 1 atom stereocenters. The minimum absolute atomic E-state index is 0.0813. The van der Waals surface area contributed by atoms with Crippen molar-refractivity contribution in [3.05, 3.63) is 65.6 Å². The Labute approximate surface area is 228 Å². The lowest BCUT2D eigenvalue weighted by Gasteiger charge is -2.24. The number of fused-ring (bicyclic) bond motifs is 1. The van der Waals surface area contributed by atoms with Crippen LogP contribution in [0.4, 0.5) is 16.2 Å². The maximum absolute atomic E-state index is 13.1. The Morgan fingerprint density at radius 2 is 2.03 bits per heavy atom. The van der Waals surface area contributed by atoms with Crippen LogP contribution >= 0.6 is 0 Å². The number of aromatic nitrogens is 4. The van der Waals surface area contributed by atoms with E-state index in [-0.39, 0.29) is 5.95 Å². The van der Waals surface area contributed by atoms with E-state index in [1.165, 1.54) is 5.56 Å². The van der Waals surface area contributed by atoms with E-state index in [0.717, 1.165) is 80.5 Å². The first-order valence-electron chi connectivity index (χ1n) is 13.4. The van der Waals surface area contributed by atoms with Crippen LogP contribution in [0.5, 0.6) is 5.75 Å². The molecule has 0 unspecified atom stereocenters. The van der Waals surface area contributed by atoms with Crippen molar-refractivity contribution in [2.24, 2.45) is 0 Å². The van der Waals surface area contributed by atoms with Gasteiger partial charge in [0.1, 0.15) is 24.2 Å². The predicted molar refractivity (Wildman–Crippen MR) is 147 cm³/mol. The molecule has 3 N–H and O–H groups in total. The highest BCUT2D eigenvalue weighted by atomic mass is 19.1. The molecule has 0 aromatic carbocycles. The number of nitrogens with zero attached hydrogens (tertiary/aromatic N) is 5. The highest BCUT2D eigenvalue weighted by molar-refractivity contribution is 5.76. The van der Waals surface area contributed by atoms with E-state index in [9.17, 15) is 14.3 Å². The van der Waals surface area contributed by atoms with Gasteiger partial charge in [0.15, 0.2) is 5.82 Å². The van der Waals surface area contributed by atoms with E-state index in [0.29, 0.717) is 26.1 Å². The van der Waals surface area contributed by atoms with Crippen molar-refractivity contribution in [2.45, 2.75) is 51.5 Å². The zero-order valence-electron chi connectivity index (χ0n) is 22.3. The lowest BCUT2D eigenvalue weighted by atomic mass is 10.1. The number of halogens is 1. The number of nitrogens with one attached hydrogen (secondary N) is 2. The molecule has 10 nitrogen and oxygen atoms in total. The van der Waals surface area contributed by atoms with Gasteiger partial charge in [-0.2, -0.15) is 0 Å². The summed E-state index contributed by atoms with van der Waals surface area (Å²) in [6.45, 7) is 5.28. The van der Waals surface area contributed by atoms with Gasteiger partial charge >= 0.3 is 5.97 Å². The van der Waals surface area contributed by atoms with E-state index in [4.69, 9.17) is 9.72 Å². The summed E-state index contributed by atoms with van der Waals surface area (Å²) in [6.07, 6.45) is 9.06. The number of carboxylic acids is 1. The molecule has 0 saturated carbocycles. The summed E-state index contributed by atoms with van der Waals surface area (Å²) in [7, 11) is 0. The number of aliphatic carboxylic acids is 1. The van der Waals surface area contributed by atoms with E-state index >= 15 is 0 Å². The predicted octanol–water partition coefficient (Wildman–Crippen LogP) is 3.73. The number of hydrogen-bond donors (Lipinski definition) is 3. The number of pyridine rings is 2. The fourth-order valence-corrected chi connectivity index (χ4v) is 4.50. The van der Waals surface area contributed by atoms with Gasteiger partial charge in [-0.05, 0) is 75.8 Å². The Hall–Kier alpha value is -3.86. The molecule has 0 amide bonds. The number of ether oxygens (including phenoxy) is 1. The molecule has 208 valence electrons. The molecule has 3 aromatic rings. The highest BCUT2D eigenvalue weighted by Gasteiger charge is 2.20. The van der Waals surface area contributed by atoms with Crippen LogP contribution in [0.15, 0.2) is 42.9 Å². The van der Waals surface area contributed by atoms with Gasteiger partial charge in [0.2, 0.25) is 5.95 Å². The zero-order valence-corrected chi connectivity index (χ0v) is 22.3. The maximum Gasteiger partial charge on any atom is 0.326 e. The van der Waals surface area contributed by atoms with Gasteiger partial charge in [-0.15, -0.1) is 0 Å². The van der Waals surface area contributed by atoms with Crippen LogP contribution < -0.4 is 15.4 Å². The first-order valence-corrected chi connectivity index (χ1v) is 13.4. The molecule has 0 bridgehead atoms. The van der Waals surface area contributed by atoms with Crippen molar-refractivity contribution in [1.29, 1.82) is 0 Å². The van der Waals surface area contributed by atoms with Crippen molar-refractivity contribution in [1.82, 2.24) is 24.8 Å². The summed E-state index contributed by atoms with van der Waals surface area (Å²) in [5.41, 5.74) is 3.19. The number of rotatable bonds is 15. The number of aryl methyl sites for hydroxylation is 3. The number of unbranched alkanes of at least 4 members (excludes halogenated alkanes) is 1. The average Bonchev–Trinajstić information content (AvgIpc) is 2.94. The number of carbonyl (C=O) groups is 1. The molecule has 0 saturated heterocycles. The molecule has 1 aliphatic heterocycles. The zero-order chi connectivity index (χ0) is 27.5. The molecule has 4 heterocycles. The second kappa shape index (κ2) is 14.3. The van der Waals surface area contributed by atoms with Crippen LogP contribution in [0.3, 0.4) is 0 Å². The first kappa shape index (κ1) is 28.2. The maximum atomic E-state index is 13.1. The highest BCUT2D eigenvalue weighted by Crippen LogP contribution is 2.20. The minimum atomic E-state index is -1.02. The summed E-state index contributed by atoms with van der Waals surface area (Å²) in [4.78, 5) is 30.8. The van der Waals surface area contributed by atoms with E-state index in [2.05, 4.69) is 42.6 Å². The lowest BCUT2D eigenvalue weighted by molar-refractivity contribution is -0.138. The van der Waals surface area contributed by atoms with Crippen molar-refractivity contribution in [3.8, 4) is 5.75 Å². The van der Waals surface area contributed by atoms with Crippen molar-refractivity contribution in [2.75, 3.05) is 43.4 Å². The van der Waals surface area contributed by atoms with Gasteiger partial charge in [-0.1, -0.05) is 6.07 Å². The van der Waals surface area contributed by atoms with Gasteiger partial charge in [0, 0.05) is 31.5 Å². The van der Waals surface area contributed by atoms with Gasteiger partial charge in [0.05, 0.1) is 18.1 Å². The van der Waals surface area contributed by atoms with Crippen LogP contribution in [-0.4, -0.2) is 74.7 Å². The number of carboxylic acid groups (broad SMARTS) is 1. The van der Waals surface area contributed by atoms with Crippen LogP contribution in [0.25, 0.3) is 0 Å². The van der Waals surface area contributed by atoms with Crippen molar-refractivity contribution < 1.29 is 19.0 Å². The lowest BCUT2D eigenvalue weighted by Crippen LogP contribution is -2.37. The molecule has 39 heavy (non-hydrogen) atoms. The van der Waals surface area contributed by atoms with Crippen molar-refractivity contribution >= 4 is 17.7 Å². The van der Waals surface area contributed by atoms with Gasteiger partial charge in [-0.25, -0.2) is 24.1 Å². The summed E-state index contributed by atoms with van der Waals surface area (Å²) in [5, 5.41) is 15.9. The van der Waals surface area contributed by atoms with Gasteiger partial charge in [-0.3, -0.25) is 9.88 Å². The third kappa shape index (κ3) is 8.85. The molecule has 3 aromatic heterocycles. The average molecular weight is 538 g/mol. The molecule has 0 fully saturated rings. The Morgan fingerprint density at radius 3 is 2.82 bits per heavy atom. The summed E-state index contributed by atoms with van der Waals surface area (Å²) >= 11 is 0. The van der Waals surface area contributed by atoms with Gasteiger partial charge in [0.25, 0.3) is 0 Å². The topological polar surface area (TPSA) is 125 Å². The number of anilines is 2. The fourth-order valence-electron chi connectivity index (χ4n) is 4.50. The molecule has 0 aliphatic carbocycles. The Morgan fingerprint density at radius 1 is 1.18 bits per heavy atom. The second-order valence-electron chi connectivity index (χ2n) is 9.62. The standard InChI is InChI=1S/C28H36FN7O3/c1-20-25(8-5-12-30-20)39-17-16-36(15-11-24(27(37)38)35-28-32-18-22(29)19-33-28)14-3-2-7-23-10-9-21-6-4-13-31-26(21)34-23/h5,8-10,12,18-19,24H,2-4,6-7,11,13-17H2,1H3,(H,31,34)(H,37,38)(H,32,33,35)/t24-/m0/s1. The number of hydrogen-bond acceptors (Lipinski definition) is 9. The quantitative estimate of drug-likeness (QED) is 0.247. The third-order valence-electron chi connectivity index (χ3n) is 6.69. The van der Waals surface area contributed by atoms with Crippen LogP contribution in [0.1, 0.15) is 42.6 Å². The Bertz CT molecular complexity index is 1210. The van der Waals surface area contributed by atoms with E-state index in [1.807, 2.05) is 19.1 Å². The Kier molecular flexibility index (Phi) is 10.4. The SMILES string of the molecule is Cc1ncccc1OCCN(CCCCc1ccc2c(n1)NCCC2)CC[C@H](Nc1ncc(F)cn1)C(=O)O. The van der Waals surface area contributed by atoms with E-state index < -0.39 is 17.8 Å². The summed E-state index contributed by atoms with van der Waals surface area (Å²) in [6, 6.07) is 7.11. The smallest absolute Gasteiger partial charge is 0.326 e. The summed E-state index contributed by atoms with van der Waals surface area (Å²) < 4.78 is 19.1. The molecular weight excluding hydrogens is 501 g/mol. The molecular formula is C28H36FN7O3. The minimum Gasteiger partial charge on any atom is -0.490 e. The molecule has 4 rings (SSSR count). The molecule has 0 spiro atoms. The normalized spacial score (nSPS) is 13.4. The van der Waals surface area contributed by atoms with Crippen LogP contribution in [0.2, 0.25) is 0 Å². The van der Waals surface area contributed by atoms with Gasteiger partial charge < -0.3 is 20.5 Å². The molecule has 1 aliphatic rings. The summed E-state index contributed by atoms with van der Waals surface area (Å²) in [5.74, 6) is 0.239. The Balaban J connectivity index is 1.30. The fraction of sp³-hybridized carbons (Fsp3) is 0.464. The molecule has 0 radical (unpaired) electrons.